The van der Waals surface area contributed by atoms with Crippen LogP contribution in [-0.4, -0.2) is 53.1 Å². The molecule has 3 saturated heterocycles. The predicted molar refractivity (Wildman–Crippen MR) is 80.3 cm³/mol. The van der Waals surface area contributed by atoms with E-state index in [2.05, 4.69) is 36.0 Å². The van der Waals surface area contributed by atoms with Gasteiger partial charge >= 0.3 is 0 Å². The van der Waals surface area contributed by atoms with Gasteiger partial charge in [-0.2, -0.15) is 0 Å². The highest BCUT2D eigenvalue weighted by Crippen LogP contribution is 2.37. The van der Waals surface area contributed by atoms with Crippen molar-refractivity contribution in [2.24, 2.45) is 5.92 Å². The number of amides is 1. The largest absolute Gasteiger partial charge is 0.322 e. The molecule has 4 unspecified atom stereocenters. The summed E-state index contributed by atoms with van der Waals surface area (Å²) in [5.41, 5.74) is 0. The van der Waals surface area contributed by atoms with Crippen molar-refractivity contribution in [1.82, 2.24) is 15.1 Å². The number of hydrogen-bond acceptors (Lipinski definition) is 3. The summed E-state index contributed by atoms with van der Waals surface area (Å²) in [5.74, 6) is 0.791. The summed E-state index contributed by atoms with van der Waals surface area (Å²) in [7, 11) is 2.28. The van der Waals surface area contributed by atoms with E-state index in [1.54, 1.807) is 0 Å². The molecule has 3 aliphatic rings. The molecule has 114 valence electrons. The molecule has 0 radical (unpaired) electrons. The van der Waals surface area contributed by atoms with Crippen molar-refractivity contribution >= 4 is 5.91 Å². The second-order valence-electron chi connectivity index (χ2n) is 7.35. The number of rotatable bonds is 2. The van der Waals surface area contributed by atoms with Crippen LogP contribution in [0.25, 0.3) is 0 Å². The fourth-order valence-electron chi connectivity index (χ4n) is 4.50. The Labute approximate surface area is 122 Å². The monoisotopic (exact) mass is 279 g/mol. The SMILES string of the molecule is CC1NC(C(C)C)N(C2CC3CCCC(C2)N3C)C1=O. The van der Waals surface area contributed by atoms with Crippen LogP contribution in [0.4, 0.5) is 0 Å². The van der Waals surface area contributed by atoms with Gasteiger partial charge in [0.1, 0.15) is 0 Å². The molecule has 0 aromatic carbocycles. The average Bonchev–Trinajstić information content (AvgIpc) is 2.66. The minimum atomic E-state index is -0.0121. The summed E-state index contributed by atoms with van der Waals surface area (Å²) in [6, 6.07) is 1.80. The predicted octanol–water partition coefficient (Wildman–Crippen LogP) is 1.80. The van der Waals surface area contributed by atoms with E-state index in [1.807, 2.05) is 6.92 Å². The summed E-state index contributed by atoms with van der Waals surface area (Å²) < 4.78 is 0. The molecular weight excluding hydrogens is 250 g/mol. The molecule has 0 saturated carbocycles. The second kappa shape index (κ2) is 5.30. The number of carbonyl (C=O) groups is 1. The third-order valence-corrected chi connectivity index (χ3v) is 5.69. The van der Waals surface area contributed by atoms with Crippen LogP contribution in [-0.2, 0) is 4.79 Å². The van der Waals surface area contributed by atoms with Gasteiger partial charge in [-0.25, -0.2) is 0 Å². The van der Waals surface area contributed by atoms with Gasteiger partial charge in [-0.1, -0.05) is 20.3 Å². The molecule has 1 amide bonds. The normalized spacial score (nSPS) is 42.5. The molecule has 4 nitrogen and oxygen atoms in total. The highest BCUT2D eigenvalue weighted by Gasteiger charge is 2.46. The lowest BCUT2D eigenvalue weighted by Crippen LogP contribution is -2.58. The lowest BCUT2D eigenvalue weighted by atomic mass is 9.81. The summed E-state index contributed by atoms with van der Waals surface area (Å²) in [6.07, 6.45) is 6.53. The number of fused-ring (bicyclic) bond motifs is 2. The van der Waals surface area contributed by atoms with Gasteiger partial charge in [0, 0.05) is 18.1 Å². The molecule has 0 aromatic heterocycles. The van der Waals surface area contributed by atoms with Crippen LogP contribution < -0.4 is 5.32 Å². The fraction of sp³-hybridized carbons (Fsp3) is 0.938. The van der Waals surface area contributed by atoms with E-state index in [0.29, 0.717) is 30.0 Å². The van der Waals surface area contributed by atoms with Crippen LogP contribution in [0.15, 0.2) is 0 Å². The molecule has 0 spiro atoms. The van der Waals surface area contributed by atoms with Crippen molar-refractivity contribution in [3.05, 3.63) is 0 Å². The maximum absolute atomic E-state index is 12.6. The lowest BCUT2D eigenvalue weighted by molar-refractivity contribution is -0.135. The van der Waals surface area contributed by atoms with Crippen molar-refractivity contribution in [2.45, 2.75) is 83.2 Å². The molecule has 4 atom stereocenters. The molecule has 3 fully saturated rings. The molecule has 3 aliphatic heterocycles. The maximum atomic E-state index is 12.6. The van der Waals surface area contributed by atoms with E-state index in [4.69, 9.17) is 0 Å². The van der Waals surface area contributed by atoms with Crippen LogP contribution in [0.1, 0.15) is 52.9 Å². The number of nitrogens with zero attached hydrogens (tertiary/aromatic N) is 2. The van der Waals surface area contributed by atoms with Gasteiger partial charge in [-0.3, -0.25) is 10.1 Å². The van der Waals surface area contributed by atoms with Crippen LogP contribution in [0, 0.1) is 5.92 Å². The second-order valence-corrected chi connectivity index (χ2v) is 7.35. The Kier molecular flexibility index (Phi) is 3.80. The Hall–Kier alpha value is -0.610. The number of carbonyl (C=O) groups excluding carboxylic acids is 1. The van der Waals surface area contributed by atoms with E-state index < -0.39 is 0 Å². The van der Waals surface area contributed by atoms with Crippen molar-refractivity contribution in [2.75, 3.05) is 7.05 Å². The van der Waals surface area contributed by atoms with E-state index in [-0.39, 0.29) is 12.2 Å². The molecule has 0 aliphatic carbocycles. The topological polar surface area (TPSA) is 35.6 Å². The van der Waals surface area contributed by atoms with Gasteiger partial charge in [0.15, 0.2) is 0 Å². The summed E-state index contributed by atoms with van der Waals surface area (Å²) in [6.45, 7) is 6.44. The van der Waals surface area contributed by atoms with E-state index >= 15 is 0 Å². The minimum absolute atomic E-state index is 0.0121. The first-order chi connectivity index (χ1) is 9.49. The van der Waals surface area contributed by atoms with Crippen LogP contribution in [0.3, 0.4) is 0 Å². The molecular formula is C16H29N3O. The highest BCUT2D eigenvalue weighted by molar-refractivity contribution is 5.84. The number of hydrogen-bond donors (Lipinski definition) is 1. The molecule has 4 heteroatoms. The molecule has 20 heavy (non-hydrogen) atoms. The first kappa shape index (κ1) is 14.3. The average molecular weight is 279 g/mol. The van der Waals surface area contributed by atoms with Crippen LogP contribution in [0.5, 0.6) is 0 Å². The Morgan fingerprint density at radius 2 is 1.75 bits per heavy atom. The van der Waals surface area contributed by atoms with Gasteiger partial charge in [-0.15, -0.1) is 0 Å². The Morgan fingerprint density at radius 3 is 2.30 bits per heavy atom. The van der Waals surface area contributed by atoms with Gasteiger partial charge in [-0.05, 0) is 45.6 Å². The number of piperidine rings is 2. The quantitative estimate of drug-likeness (QED) is 0.837. The summed E-state index contributed by atoms with van der Waals surface area (Å²) >= 11 is 0. The Morgan fingerprint density at radius 1 is 1.15 bits per heavy atom. The first-order valence-electron chi connectivity index (χ1n) is 8.29. The third-order valence-electron chi connectivity index (χ3n) is 5.69. The zero-order chi connectivity index (χ0) is 14.4. The molecule has 3 rings (SSSR count). The molecule has 2 bridgehead atoms. The smallest absolute Gasteiger partial charge is 0.240 e. The van der Waals surface area contributed by atoms with Gasteiger partial charge in [0.2, 0.25) is 5.91 Å². The third kappa shape index (κ3) is 2.27. The maximum Gasteiger partial charge on any atom is 0.240 e. The van der Waals surface area contributed by atoms with Crippen molar-refractivity contribution in [3.8, 4) is 0 Å². The standard InChI is InChI=1S/C16H29N3O/c1-10(2)15-17-11(3)16(20)19(15)14-8-12-6-5-7-13(9-14)18(12)4/h10-15,17H,5-9H2,1-4H3. The van der Waals surface area contributed by atoms with E-state index in [0.717, 1.165) is 12.8 Å². The Bertz CT molecular complexity index is 370. The molecule has 1 N–H and O–H groups in total. The fourth-order valence-corrected chi connectivity index (χ4v) is 4.50. The van der Waals surface area contributed by atoms with Gasteiger partial charge < -0.3 is 9.80 Å². The summed E-state index contributed by atoms with van der Waals surface area (Å²) in [4.78, 5) is 17.3. The lowest BCUT2D eigenvalue weighted by Gasteiger charge is -2.50. The molecule has 0 aromatic rings. The van der Waals surface area contributed by atoms with Crippen molar-refractivity contribution in [3.63, 3.8) is 0 Å². The van der Waals surface area contributed by atoms with Crippen molar-refractivity contribution in [1.29, 1.82) is 0 Å². The van der Waals surface area contributed by atoms with E-state index in [9.17, 15) is 4.79 Å². The van der Waals surface area contributed by atoms with Crippen LogP contribution >= 0.6 is 0 Å². The zero-order valence-corrected chi connectivity index (χ0v) is 13.3. The van der Waals surface area contributed by atoms with E-state index in [1.165, 1.54) is 19.3 Å². The van der Waals surface area contributed by atoms with Crippen LogP contribution in [0.2, 0.25) is 0 Å². The minimum Gasteiger partial charge on any atom is -0.322 e. The Balaban J connectivity index is 1.79. The summed E-state index contributed by atoms with van der Waals surface area (Å²) in [5, 5.41) is 3.49. The number of nitrogens with one attached hydrogen (secondary N) is 1. The van der Waals surface area contributed by atoms with Gasteiger partial charge in [0.25, 0.3) is 0 Å². The zero-order valence-electron chi connectivity index (χ0n) is 13.3. The van der Waals surface area contributed by atoms with Gasteiger partial charge in [0.05, 0.1) is 12.2 Å². The first-order valence-corrected chi connectivity index (χ1v) is 8.29. The molecule has 3 heterocycles. The highest BCUT2D eigenvalue weighted by atomic mass is 16.2. The van der Waals surface area contributed by atoms with Crippen molar-refractivity contribution < 1.29 is 4.79 Å².